The van der Waals surface area contributed by atoms with E-state index in [1.807, 2.05) is 11.8 Å². The van der Waals surface area contributed by atoms with E-state index in [0.29, 0.717) is 23.8 Å². The quantitative estimate of drug-likeness (QED) is 0.917. The molecule has 1 fully saturated rings. The van der Waals surface area contributed by atoms with Crippen molar-refractivity contribution in [3.8, 4) is 0 Å². The minimum Gasteiger partial charge on any atom is -0.366 e. The highest BCUT2D eigenvalue weighted by atomic mass is 19.1. The molecule has 2 nitrogen and oxygen atoms in total. The Morgan fingerprint density at radius 3 is 2.30 bits per heavy atom. The fourth-order valence-electron chi connectivity index (χ4n) is 2.94. The average Bonchev–Trinajstić information content (AvgIpc) is 2.76. The Labute approximate surface area is 120 Å². The van der Waals surface area contributed by atoms with E-state index in [0.717, 1.165) is 19.5 Å². The van der Waals surface area contributed by atoms with Gasteiger partial charge in [0.2, 0.25) is 0 Å². The highest BCUT2D eigenvalue weighted by Gasteiger charge is 2.28. The number of hydrogen-bond donors (Lipinski definition) is 1. The largest absolute Gasteiger partial charge is 0.366 e. The molecule has 0 bridgehead atoms. The van der Waals surface area contributed by atoms with E-state index in [2.05, 4.69) is 13.8 Å². The molecule has 4 heteroatoms. The van der Waals surface area contributed by atoms with E-state index < -0.39 is 11.6 Å². The molecule has 0 saturated carbocycles. The molecule has 1 aliphatic rings. The molecular weight excluding hydrogens is 258 g/mol. The molecule has 112 valence electrons. The summed E-state index contributed by atoms with van der Waals surface area (Å²) in [4.78, 5) is 1.84. The third-order valence-corrected chi connectivity index (χ3v) is 4.12. The Morgan fingerprint density at radius 1 is 1.25 bits per heavy atom. The van der Waals surface area contributed by atoms with Gasteiger partial charge in [-0.15, -0.1) is 0 Å². The van der Waals surface area contributed by atoms with Crippen LogP contribution in [0, 0.1) is 23.5 Å². The van der Waals surface area contributed by atoms with Crippen LogP contribution < -0.4 is 10.6 Å². The average molecular weight is 282 g/mol. The lowest BCUT2D eigenvalue weighted by Crippen LogP contribution is -2.24. The Balaban J connectivity index is 2.21. The number of nitrogens with zero attached hydrogens (tertiary/aromatic N) is 1. The molecule has 1 aromatic rings. The Kier molecular flexibility index (Phi) is 4.63. The van der Waals surface area contributed by atoms with Crippen molar-refractivity contribution in [2.24, 2.45) is 17.6 Å². The van der Waals surface area contributed by atoms with Gasteiger partial charge >= 0.3 is 0 Å². The molecule has 1 aliphatic heterocycles. The summed E-state index contributed by atoms with van der Waals surface area (Å²) < 4.78 is 28.4. The molecule has 1 heterocycles. The molecule has 20 heavy (non-hydrogen) atoms. The highest BCUT2D eigenvalue weighted by molar-refractivity contribution is 5.51. The van der Waals surface area contributed by atoms with Crippen molar-refractivity contribution in [3.05, 3.63) is 29.3 Å². The zero-order valence-corrected chi connectivity index (χ0v) is 12.5. The van der Waals surface area contributed by atoms with Crippen LogP contribution in [0.2, 0.25) is 0 Å². The van der Waals surface area contributed by atoms with Gasteiger partial charge in [-0.25, -0.2) is 8.78 Å². The monoisotopic (exact) mass is 282 g/mol. The third-order valence-electron chi connectivity index (χ3n) is 4.12. The number of rotatable bonds is 4. The fourth-order valence-corrected chi connectivity index (χ4v) is 2.94. The van der Waals surface area contributed by atoms with Crippen LogP contribution >= 0.6 is 0 Å². The van der Waals surface area contributed by atoms with Crippen molar-refractivity contribution in [1.82, 2.24) is 0 Å². The molecule has 1 saturated heterocycles. The summed E-state index contributed by atoms with van der Waals surface area (Å²) in [5.74, 6) is 0.121. The first-order chi connectivity index (χ1) is 9.38. The minimum absolute atomic E-state index is 0.100. The van der Waals surface area contributed by atoms with E-state index in [4.69, 9.17) is 5.73 Å². The molecule has 0 radical (unpaired) electrons. The molecule has 2 N–H and O–H groups in total. The fraction of sp³-hybridized carbons (Fsp3) is 0.625. The SMILES string of the molecule is CC(N)Cc1cc(F)c(N2CCC(C(C)C)C2)c(F)c1. The van der Waals surface area contributed by atoms with Crippen LogP contribution in [0.25, 0.3) is 0 Å². The van der Waals surface area contributed by atoms with Gasteiger partial charge in [0, 0.05) is 19.1 Å². The van der Waals surface area contributed by atoms with Gasteiger partial charge in [-0.05, 0) is 49.3 Å². The number of anilines is 1. The topological polar surface area (TPSA) is 29.3 Å². The Morgan fingerprint density at radius 2 is 1.85 bits per heavy atom. The van der Waals surface area contributed by atoms with Crippen molar-refractivity contribution < 1.29 is 8.78 Å². The van der Waals surface area contributed by atoms with Crippen LogP contribution in [0.1, 0.15) is 32.8 Å². The van der Waals surface area contributed by atoms with Gasteiger partial charge in [-0.1, -0.05) is 13.8 Å². The maximum absolute atomic E-state index is 14.2. The van der Waals surface area contributed by atoms with Gasteiger partial charge in [-0.2, -0.15) is 0 Å². The van der Waals surface area contributed by atoms with Gasteiger partial charge < -0.3 is 10.6 Å². The van der Waals surface area contributed by atoms with E-state index >= 15 is 0 Å². The smallest absolute Gasteiger partial charge is 0.149 e. The highest BCUT2D eigenvalue weighted by Crippen LogP contribution is 2.32. The van der Waals surface area contributed by atoms with Crippen LogP contribution in [-0.2, 0) is 6.42 Å². The summed E-state index contributed by atoms with van der Waals surface area (Å²) in [6.45, 7) is 7.61. The molecule has 0 amide bonds. The number of benzene rings is 1. The molecule has 0 spiro atoms. The molecule has 2 atom stereocenters. The van der Waals surface area contributed by atoms with Crippen molar-refractivity contribution in [1.29, 1.82) is 0 Å². The van der Waals surface area contributed by atoms with Crippen LogP contribution in [0.4, 0.5) is 14.5 Å². The van der Waals surface area contributed by atoms with Gasteiger partial charge in [0.25, 0.3) is 0 Å². The van der Waals surface area contributed by atoms with Gasteiger partial charge in [0.05, 0.1) is 0 Å². The van der Waals surface area contributed by atoms with Crippen molar-refractivity contribution in [2.45, 2.75) is 39.7 Å². The van der Waals surface area contributed by atoms with Crippen LogP contribution in [0.5, 0.6) is 0 Å². The lowest BCUT2D eigenvalue weighted by molar-refractivity contribution is 0.422. The van der Waals surface area contributed by atoms with Gasteiger partial charge in [0.1, 0.15) is 17.3 Å². The third kappa shape index (κ3) is 3.29. The van der Waals surface area contributed by atoms with Gasteiger partial charge in [0.15, 0.2) is 0 Å². The first-order valence-electron chi connectivity index (χ1n) is 7.37. The van der Waals surface area contributed by atoms with E-state index in [1.165, 1.54) is 12.1 Å². The molecule has 0 aliphatic carbocycles. The van der Waals surface area contributed by atoms with E-state index in [1.54, 1.807) is 0 Å². The summed E-state index contributed by atoms with van der Waals surface area (Å²) in [6.07, 6.45) is 1.49. The summed E-state index contributed by atoms with van der Waals surface area (Å²) in [7, 11) is 0. The Hall–Kier alpha value is -1.16. The second kappa shape index (κ2) is 6.08. The standard InChI is InChI=1S/C16H24F2N2/c1-10(2)13-4-5-20(9-13)16-14(17)7-12(6-11(3)19)8-15(16)18/h7-8,10-11,13H,4-6,9,19H2,1-3H3. The van der Waals surface area contributed by atoms with Crippen molar-refractivity contribution >= 4 is 5.69 Å². The van der Waals surface area contributed by atoms with E-state index in [9.17, 15) is 8.78 Å². The second-order valence-corrected chi connectivity index (χ2v) is 6.33. The summed E-state index contributed by atoms with van der Waals surface area (Å²) in [5.41, 5.74) is 6.43. The Bertz CT molecular complexity index is 449. The lowest BCUT2D eigenvalue weighted by atomic mass is 9.95. The van der Waals surface area contributed by atoms with Crippen LogP contribution in [0.15, 0.2) is 12.1 Å². The summed E-state index contributed by atoms with van der Waals surface area (Å²) >= 11 is 0. The molecule has 0 aromatic heterocycles. The second-order valence-electron chi connectivity index (χ2n) is 6.33. The first kappa shape index (κ1) is 15.2. The van der Waals surface area contributed by atoms with Crippen molar-refractivity contribution in [3.63, 3.8) is 0 Å². The number of halogens is 2. The zero-order valence-electron chi connectivity index (χ0n) is 12.5. The summed E-state index contributed by atoms with van der Waals surface area (Å²) in [6, 6.07) is 2.74. The maximum atomic E-state index is 14.2. The minimum atomic E-state index is -0.468. The number of nitrogens with two attached hydrogens (primary N) is 1. The van der Waals surface area contributed by atoms with Gasteiger partial charge in [-0.3, -0.25) is 0 Å². The van der Waals surface area contributed by atoms with Crippen molar-refractivity contribution in [2.75, 3.05) is 18.0 Å². The number of hydrogen-bond acceptors (Lipinski definition) is 2. The van der Waals surface area contributed by atoms with E-state index in [-0.39, 0.29) is 11.7 Å². The molecular formula is C16H24F2N2. The first-order valence-corrected chi connectivity index (χ1v) is 7.37. The normalized spacial score (nSPS) is 20.8. The van der Waals surface area contributed by atoms with Crippen LogP contribution in [-0.4, -0.2) is 19.1 Å². The van der Waals surface area contributed by atoms with Crippen LogP contribution in [0.3, 0.4) is 0 Å². The molecule has 2 rings (SSSR count). The maximum Gasteiger partial charge on any atom is 0.149 e. The predicted molar refractivity (Wildman–Crippen MR) is 78.9 cm³/mol. The zero-order chi connectivity index (χ0) is 14.9. The molecule has 1 aromatic carbocycles. The summed E-state index contributed by atoms with van der Waals surface area (Å²) in [5, 5.41) is 0. The molecule has 2 unspecified atom stereocenters. The predicted octanol–water partition coefficient (Wildman–Crippen LogP) is 3.34. The lowest BCUT2D eigenvalue weighted by Gasteiger charge is -2.22.